The van der Waals surface area contributed by atoms with Gasteiger partial charge in [-0.25, -0.2) is 13.8 Å². The Labute approximate surface area is 191 Å². The zero-order valence-corrected chi connectivity index (χ0v) is 18.6. The average molecular weight is 452 g/mol. The Balaban J connectivity index is 1.56. The van der Waals surface area contributed by atoms with E-state index in [-0.39, 0.29) is 18.9 Å². The van der Waals surface area contributed by atoms with Gasteiger partial charge in [0.15, 0.2) is 0 Å². The highest BCUT2D eigenvalue weighted by molar-refractivity contribution is 6.02. The van der Waals surface area contributed by atoms with E-state index in [0.29, 0.717) is 30.5 Å². The second-order valence-corrected chi connectivity index (χ2v) is 9.09. The summed E-state index contributed by atoms with van der Waals surface area (Å²) in [6, 6.07) is 13.4. The van der Waals surface area contributed by atoms with Gasteiger partial charge < -0.3 is 15.4 Å². The molecule has 5 rings (SSSR count). The minimum Gasteiger partial charge on any atom is -0.383 e. The number of alkyl halides is 2. The lowest BCUT2D eigenvalue weighted by atomic mass is 9.90. The van der Waals surface area contributed by atoms with Gasteiger partial charge in [-0.15, -0.1) is 0 Å². The molecule has 2 fully saturated rings. The van der Waals surface area contributed by atoms with Crippen LogP contribution >= 0.6 is 0 Å². The lowest BCUT2D eigenvalue weighted by Crippen LogP contribution is -2.31. The Bertz CT molecular complexity index is 1220. The Hall–Kier alpha value is -3.06. The van der Waals surface area contributed by atoms with E-state index in [1.807, 2.05) is 31.2 Å². The van der Waals surface area contributed by atoms with Crippen molar-refractivity contribution in [2.24, 2.45) is 0 Å². The molecule has 2 aromatic carbocycles. The number of pyridine rings is 1. The third-order valence-corrected chi connectivity index (χ3v) is 6.79. The Kier molecular flexibility index (Phi) is 5.52. The van der Waals surface area contributed by atoms with E-state index in [4.69, 9.17) is 10.5 Å². The zero-order valence-electron chi connectivity index (χ0n) is 18.6. The molecule has 33 heavy (non-hydrogen) atoms. The van der Waals surface area contributed by atoms with Crippen LogP contribution < -0.4 is 5.73 Å². The molecule has 3 heterocycles. The number of hydrogen-bond donors (Lipinski definition) is 1. The number of aromatic nitrogens is 1. The number of carbonyl (C=O) groups is 1. The van der Waals surface area contributed by atoms with Crippen molar-refractivity contribution >= 4 is 22.6 Å². The number of likely N-dealkylation sites (tertiary alicyclic amines) is 1. The van der Waals surface area contributed by atoms with E-state index < -0.39 is 12.5 Å². The van der Waals surface area contributed by atoms with Crippen LogP contribution in [0.3, 0.4) is 0 Å². The molecule has 3 aromatic rings. The van der Waals surface area contributed by atoms with Crippen LogP contribution in [0.25, 0.3) is 22.0 Å². The minimum atomic E-state index is -2.82. The normalized spacial score (nSPS) is 18.7. The largest absolute Gasteiger partial charge is 0.383 e. The van der Waals surface area contributed by atoms with E-state index in [1.54, 1.807) is 12.1 Å². The van der Waals surface area contributed by atoms with E-state index in [9.17, 15) is 13.6 Å². The van der Waals surface area contributed by atoms with Crippen molar-refractivity contribution in [1.82, 2.24) is 9.88 Å². The highest BCUT2D eigenvalue weighted by Crippen LogP contribution is 2.36. The zero-order chi connectivity index (χ0) is 23.2. The van der Waals surface area contributed by atoms with Crippen LogP contribution in [-0.2, 0) is 4.74 Å². The summed E-state index contributed by atoms with van der Waals surface area (Å²) in [5.41, 5.74) is 11.1. The average Bonchev–Trinajstić information content (AvgIpc) is 3.18. The summed E-state index contributed by atoms with van der Waals surface area (Å²) < 4.78 is 33.0. The third-order valence-electron chi connectivity index (χ3n) is 6.79. The first-order valence-corrected chi connectivity index (χ1v) is 11.4. The number of nitrogens with zero attached hydrogens (tertiary/aromatic N) is 2. The molecule has 5 nitrogen and oxygen atoms in total. The van der Waals surface area contributed by atoms with Crippen LogP contribution in [0.15, 0.2) is 42.5 Å². The molecule has 0 bridgehead atoms. The summed E-state index contributed by atoms with van der Waals surface area (Å²) >= 11 is 0. The maximum absolute atomic E-state index is 13.8. The number of anilines is 1. The van der Waals surface area contributed by atoms with E-state index in [1.165, 1.54) is 4.90 Å². The number of hydrogen-bond acceptors (Lipinski definition) is 4. The number of nitrogens with two attached hydrogens (primary N) is 1. The Morgan fingerprint density at radius 2 is 1.97 bits per heavy atom. The third kappa shape index (κ3) is 4.17. The molecule has 0 spiro atoms. The van der Waals surface area contributed by atoms with Crippen molar-refractivity contribution < 1.29 is 18.3 Å². The SMILES string of the molecule is Cc1cccc(C(=O)N2CCC(F)(F)C2)c1-c1ccc2nc(N)c(C3CCOCC3)cc2c1. The molecule has 0 radical (unpaired) electrons. The van der Waals surface area contributed by atoms with Gasteiger partial charge in [0.2, 0.25) is 0 Å². The van der Waals surface area contributed by atoms with Crippen molar-refractivity contribution in [2.45, 2.75) is 38.0 Å². The predicted molar refractivity (Wildman–Crippen MR) is 125 cm³/mol. The summed E-state index contributed by atoms with van der Waals surface area (Å²) in [7, 11) is 0. The Morgan fingerprint density at radius 1 is 1.18 bits per heavy atom. The number of carbonyl (C=O) groups excluding carboxylic acids is 1. The highest BCUT2D eigenvalue weighted by atomic mass is 19.3. The van der Waals surface area contributed by atoms with Crippen LogP contribution in [0.2, 0.25) is 0 Å². The summed E-state index contributed by atoms with van der Waals surface area (Å²) in [6.07, 6.45) is 1.53. The van der Waals surface area contributed by atoms with Gasteiger partial charge >= 0.3 is 0 Å². The van der Waals surface area contributed by atoms with Crippen LogP contribution in [0.5, 0.6) is 0 Å². The number of nitrogen functional groups attached to an aromatic ring is 1. The van der Waals surface area contributed by atoms with Crippen LogP contribution in [0.4, 0.5) is 14.6 Å². The van der Waals surface area contributed by atoms with Gasteiger partial charge in [0, 0.05) is 37.1 Å². The molecule has 2 saturated heterocycles. The molecule has 0 saturated carbocycles. The molecule has 1 aromatic heterocycles. The number of halogens is 2. The first-order chi connectivity index (χ1) is 15.8. The molecule has 2 aliphatic rings. The molecule has 7 heteroatoms. The summed E-state index contributed by atoms with van der Waals surface area (Å²) in [5, 5.41) is 0.942. The molecule has 2 N–H and O–H groups in total. The fourth-order valence-electron chi connectivity index (χ4n) is 5.01. The van der Waals surface area contributed by atoms with E-state index >= 15 is 0 Å². The number of benzene rings is 2. The fourth-order valence-corrected chi connectivity index (χ4v) is 5.01. The minimum absolute atomic E-state index is 0.0641. The van der Waals surface area contributed by atoms with E-state index in [0.717, 1.165) is 46.0 Å². The second-order valence-electron chi connectivity index (χ2n) is 9.09. The van der Waals surface area contributed by atoms with Gasteiger partial charge in [-0.1, -0.05) is 18.2 Å². The smallest absolute Gasteiger partial charge is 0.267 e. The number of aryl methyl sites for hydroxylation is 1. The van der Waals surface area contributed by atoms with Crippen molar-refractivity contribution in [1.29, 1.82) is 0 Å². The molecular weight excluding hydrogens is 424 g/mol. The van der Waals surface area contributed by atoms with Crippen LogP contribution in [0.1, 0.15) is 46.7 Å². The number of ether oxygens (including phenoxy) is 1. The second kappa shape index (κ2) is 8.37. The van der Waals surface area contributed by atoms with Crippen molar-refractivity contribution in [3.05, 3.63) is 59.2 Å². The predicted octanol–water partition coefficient (Wildman–Crippen LogP) is 5.17. The topological polar surface area (TPSA) is 68.5 Å². The lowest BCUT2D eigenvalue weighted by molar-refractivity contribution is 0.0120. The molecule has 172 valence electrons. The summed E-state index contributed by atoms with van der Waals surface area (Å²) in [5.74, 6) is -2.32. The molecule has 0 atom stereocenters. The number of amides is 1. The van der Waals surface area contributed by atoms with Gasteiger partial charge in [-0.3, -0.25) is 4.79 Å². The van der Waals surface area contributed by atoms with Gasteiger partial charge in [0.05, 0.1) is 12.1 Å². The van der Waals surface area contributed by atoms with Crippen LogP contribution in [-0.4, -0.2) is 48.0 Å². The molecule has 2 aliphatic heterocycles. The highest BCUT2D eigenvalue weighted by Gasteiger charge is 2.41. The van der Waals surface area contributed by atoms with Crippen molar-refractivity contribution in [3.8, 4) is 11.1 Å². The van der Waals surface area contributed by atoms with Gasteiger partial charge in [0.1, 0.15) is 5.82 Å². The lowest BCUT2D eigenvalue weighted by Gasteiger charge is -2.23. The first-order valence-electron chi connectivity index (χ1n) is 11.4. The molecule has 0 aliphatic carbocycles. The molecule has 1 amide bonds. The Morgan fingerprint density at radius 3 is 2.70 bits per heavy atom. The summed E-state index contributed by atoms with van der Waals surface area (Å²) in [6.45, 7) is 2.89. The molecule has 0 unspecified atom stereocenters. The van der Waals surface area contributed by atoms with Gasteiger partial charge in [0.25, 0.3) is 11.8 Å². The van der Waals surface area contributed by atoms with Gasteiger partial charge in [-0.2, -0.15) is 0 Å². The van der Waals surface area contributed by atoms with Crippen molar-refractivity contribution in [3.63, 3.8) is 0 Å². The fraction of sp³-hybridized carbons (Fsp3) is 0.385. The number of rotatable bonds is 3. The quantitative estimate of drug-likeness (QED) is 0.597. The summed E-state index contributed by atoms with van der Waals surface area (Å²) in [4.78, 5) is 19.1. The first kappa shape index (κ1) is 21.8. The van der Waals surface area contributed by atoms with Gasteiger partial charge in [-0.05, 0) is 72.2 Å². The number of fused-ring (bicyclic) bond motifs is 1. The monoisotopic (exact) mass is 451 g/mol. The standard InChI is InChI=1S/C26H27F2N3O2/c1-16-3-2-4-20(25(32)31-10-9-26(27,28)15-31)23(16)18-5-6-22-19(13-18)14-21(24(29)30-22)17-7-11-33-12-8-17/h2-6,13-14,17H,7-12,15H2,1H3,(H2,29,30). The van der Waals surface area contributed by atoms with Crippen molar-refractivity contribution in [2.75, 3.05) is 32.0 Å². The maximum Gasteiger partial charge on any atom is 0.267 e. The van der Waals surface area contributed by atoms with E-state index in [2.05, 4.69) is 11.1 Å². The van der Waals surface area contributed by atoms with Crippen LogP contribution in [0, 0.1) is 6.92 Å². The maximum atomic E-state index is 13.8. The molecular formula is C26H27F2N3O2.